The third-order valence-electron chi connectivity index (χ3n) is 4.01. The van der Waals surface area contributed by atoms with Crippen molar-refractivity contribution in [2.24, 2.45) is 5.92 Å². The summed E-state index contributed by atoms with van der Waals surface area (Å²) < 4.78 is 18.4. The first-order valence-electron chi connectivity index (χ1n) is 8.53. The lowest BCUT2D eigenvalue weighted by Crippen LogP contribution is -2.36. The molecule has 0 spiro atoms. The van der Waals surface area contributed by atoms with Crippen LogP contribution in [-0.4, -0.2) is 24.5 Å². The van der Waals surface area contributed by atoms with Crippen LogP contribution in [0.2, 0.25) is 0 Å². The molecular formula is C19H21FN2O3S. The highest BCUT2D eigenvalue weighted by atomic mass is 32.1. The second-order valence-electron chi connectivity index (χ2n) is 6.53. The first-order chi connectivity index (χ1) is 12.4. The van der Waals surface area contributed by atoms with E-state index >= 15 is 0 Å². The van der Waals surface area contributed by atoms with E-state index in [0.717, 1.165) is 18.4 Å². The largest absolute Gasteiger partial charge is 0.491 e. The molecule has 5 nitrogen and oxygen atoms in total. The van der Waals surface area contributed by atoms with Crippen molar-refractivity contribution in [3.8, 4) is 5.75 Å². The zero-order valence-corrected chi connectivity index (χ0v) is 15.5. The van der Waals surface area contributed by atoms with Gasteiger partial charge in [0.2, 0.25) is 5.91 Å². The highest BCUT2D eigenvalue weighted by molar-refractivity contribution is 7.18. The average molecular weight is 376 g/mol. The zero-order chi connectivity index (χ0) is 18.7. The van der Waals surface area contributed by atoms with Gasteiger partial charge in [-0.2, -0.15) is 0 Å². The van der Waals surface area contributed by atoms with Crippen LogP contribution in [0.3, 0.4) is 0 Å². The van der Waals surface area contributed by atoms with E-state index in [1.54, 1.807) is 12.1 Å². The van der Waals surface area contributed by atoms with Gasteiger partial charge in [0, 0.05) is 5.92 Å². The lowest BCUT2D eigenvalue weighted by Gasteiger charge is -2.15. The number of thiophene rings is 1. The number of halogens is 1. The lowest BCUT2D eigenvalue weighted by atomic mass is 10.2. The Hall–Kier alpha value is -2.41. The molecule has 1 heterocycles. The van der Waals surface area contributed by atoms with E-state index < -0.39 is 0 Å². The molecule has 7 heteroatoms. The maximum Gasteiger partial charge on any atom is 0.262 e. The summed E-state index contributed by atoms with van der Waals surface area (Å²) in [7, 11) is 0. The second kappa shape index (κ2) is 7.86. The number of amides is 2. The Labute approximate surface area is 155 Å². The normalized spacial score (nSPS) is 14.6. The Morgan fingerprint density at radius 1 is 1.31 bits per heavy atom. The third kappa shape index (κ3) is 4.82. The highest BCUT2D eigenvalue weighted by Gasteiger charge is 2.30. The number of carbonyl (C=O) groups is 2. The molecule has 0 radical (unpaired) electrons. The number of rotatable bonds is 7. The van der Waals surface area contributed by atoms with Gasteiger partial charge >= 0.3 is 0 Å². The topological polar surface area (TPSA) is 67.4 Å². The molecule has 0 saturated heterocycles. The average Bonchev–Trinajstić information content (AvgIpc) is 3.38. The lowest BCUT2D eigenvalue weighted by molar-refractivity contribution is -0.117. The number of aryl methyl sites for hydroxylation is 1. The first kappa shape index (κ1) is 18.4. The van der Waals surface area contributed by atoms with Crippen molar-refractivity contribution in [3.63, 3.8) is 0 Å². The molecule has 1 unspecified atom stereocenters. The molecule has 1 aromatic carbocycles. The number of ether oxygens (including phenoxy) is 1. The van der Waals surface area contributed by atoms with Crippen molar-refractivity contribution in [2.75, 3.05) is 11.9 Å². The minimum absolute atomic E-state index is 0.0271. The van der Waals surface area contributed by atoms with Crippen molar-refractivity contribution in [3.05, 3.63) is 46.6 Å². The fourth-order valence-corrected chi connectivity index (χ4v) is 3.40. The summed E-state index contributed by atoms with van der Waals surface area (Å²) in [5.41, 5.74) is 0.824. The number of nitrogens with one attached hydrogen (secondary N) is 2. The Morgan fingerprint density at radius 3 is 2.65 bits per heavy atom. The van der Waals surface area contributed by atoms with Crippen molar-refractivity contribution in [2.45, 2.75) is 32.7 Å². The zero-order valence-electron chi connectivity index (χ0n) is 14.7. The summed E-state index contributed by atoms with van der Waals surface area (Å²) >= 11 is 1.27. The summed E-state index contributed by atoms with van der Waals surface area (Å²) in [6.45, 7) is 3.95. The van der Waals surface area contributed by atoms with Crippen LogP contribution in [0.5, 0.6) is 5.75 Å². The number of carbonyl (C=O) groups excluding carboxylic acids is 2. The number of hydrogen-bond acceptors (Lipinski definition) is 4. The van der Waals surface area contributed by atoms with E-state index in [4.69, 9.17) is 4.74 Å². The van der Waals surface area contributed by atoms with Gasteiger partial charge in [-0.1, -0.05) is 0 Å². The van der Waals surface area contributed by atoms with Crippen LogP contribution in [0.25, 0.3) is 0 Å². The van der Waals surface area contributed by atoms with E-state index in [-0.39, 0.29) is 36.2 Å². The second-order valence-corrected chi connectivity index (χ2v) is 7.58. The van der Waals surface area contributed by atoms with Crippen LogP contribution in [0.4, 0.5) is 9.39 Å². The van der Waals surface area contributed by atoms with Gasteiger partial charge in [0.15, 0.2) is 0 Å². The van der Waals surface area contributed by atoms with Gasteiger partial charge in [-0.05, 0) is 62.6 Å². The Balaban J connectivity index is 1.52. The molecule has 26 heavy (non-hydrogen) atoms. The first-order valence-corrected chi connectivity index (χ1v) is 9.34. The van der Waals surface area contributed by atoms with E-state index in [2.05, 4.69) is 10.6 Å². The SMILES string of the molecule is Cc1cc(NC(=O)C2CC2)sc1C(=O)NC(C)COc1ccc(F)cc1. The molecule has 0 aliphatic heterocycles. The molecule has 1 fully saturated rings. The Kier molecular flexibility index (Phi) is 5.56. The maximum atomic E-state index is 12.9. The van der Waals surface area contributed by atoms with Crippen molar-refractivity contribution in [1.82, 2.24) is 5.32 Å². The van der Waals surface area contributed by atoms with E-state index in [0.29, 0.717) is 15.6 Å². The quantitative estimate of drug-likeness (QED) is 0.774. The standard InChI is InChI=1S/C19H21FN2O3S/c1-11-9-16(22-18(23)13-3-4-13)26-17(11)19(24)21-12(2)10-25-15-7-5-14(20)6-8-15/h5-9,12-13H,3-4,10H2,1-2H3,(H,21,24)(H,22,23). The van der Waals surface area contributed by atoms with Crippen molar-refractivity contribution < 1.29 is 18.7 Å². The molecule has 1 atom stereocenters. The van der Waals surface area contributed by atoms with Gasteiger partial charge in [-0.3, -0.25) is 9.59 Å². The summed E-state index contributed by atoms with van der Waals surface area (Å²) in [6, 6.07) is 7.33. The summed E-state index contributed by atoms with van der Waals surface area (Å²) in [4.78, 5) is 24.9. The molecular weight excluding hydrogens is 355 g/mol. The van der Waals surface area contributed by atoms with Crippen LogP contribution in [-0.2, 0) is 4.79 Å². The van der Waals surface area contributed by atoms with Crippen molar-refractivity contribution >= 4 is 28.2 Å². The fourth-order valence-electron chi connectivity index (χ4n) is 2.42. The molecule has 1 aliphatic carbocycles. The van der Waals surface area contributed by atoms with Gasteiger partial charge in [0.05, 0.1) is 15.9 Å². The van der Waals surface area contributed by atoms with E-state index in [9.17, 15) is 14.0 Å². The molecule has 2 aromatic rings. The Bertz CT molecular complexity index is 800. The van der Waals surface area contributed by atoms with Gasteiger partial charge < -0.3 is 15.4 Å². The molecule has 1 saturated carbocycles. The van der Waals surface area contributed by atoms with E-state index in [1.807, 2.05) is 19.9 Å². The van der Waals surface area contributed by atoms with Crippen LogP contribution in [0.1, 0.15) is 35.0 Å². The maximum absolute atomic E-state index is 12.9. The molecule has 3 rings (SSSR count). The molecule has 2 amide bonds. The molecule has 138 valence electrons. The van der Waals surface area contributed by atoms with Gasteiger partial charge in [-0.15, -0.1) is 11.3 Å². The molecule has 1 aliphatic rings. The molecule has 2 N–H and O–H groups in total. The predicted molar refractivity (Wildman–Crippen MR) is 99.2 cm³/mol. The van der Waals surface area contributed by atoms with Crippen molar-refractivity contribution in [1.29, 1.82) is 0 Å². The summed E-state index contributed by atoms with van der Waals surface area (Å²) in [5.74, 6) is 0.175. The van der Waals surface area contributed by atoms with Crippen LogP contribution >= 0.6 is 11.3 Å². The van der Waals surface area contributed by atoms with Crippen LogP contribution in [0, 0.1) is 18.7 Å². The van der Waals surface area contributed by atoms with Gasteiger partial charge in [0.25, 0.3) is 5.91 Å². The van der Waals surface area contributed by atoms with Gasteiger partial charge in [-0.25, -0.2) is 4.39 Å². The number of anilines is 1. The molecule has 0 bridgehead atoms. The number of hydrogen-bond donors (Lipinski definition) is 2. The summed E-state index contributed by atoms with van der Waals surface area (Å²) in [6.07, 6.45) is 1.88. The summed E-state index contributed by atoms with van der Waals surface area (Å²) in [5, 5.41) is 6.44. The van der Waals surface area contributed by atoms with Crippen LogP contribution < -0.4 is 15.4 Å². The minimum Gasteiger partial charge on any atom is -0.491 e. The van der Waals surface area contributed by atoms with Gasteiger partial charge in [0.1, 0.15) is 18.2 Å². The number of benzene rings is 1. The predicted octanol–water partition coefficient (Wildman–Crippen LogP) is 3.74. The molecule has 1 aromatic heterocycles. The monoisotopic (exact) mass is 376 g/mol. The minimum atomic E-state index is -0.323. The van der Waals surface area contributed by atoms with Crippen LogP contribution in [0.15, 0.2) is 30.3 Å². The third-order valence-corrected chi connectivity index (χ3v) is 5.16. The Morgan fingerprint density at radius 2 is 2.00 bits per heavy atom. The van der Waals surface area contributed by atoms with E-state index in [1.165, 1.54) is 23.5 Å². The smallest absolute Gasteiger partial charge is 0.262 e. The highest BCUT2D eigenvalue weighted by Crippen LogP contribution is 2.32. The fraction of sp³-hybridized carbons (Fsp3) is 0.368.